The second-order valence-electron chi connectivity index (χ2n) is 15.0. The summed E-state index contributed by atoms with van der Waals surface area (Å²) in [5, 5.41) is 17.4. The molecule has 0 saturated carbocycles. The Morgan fingerprint density at radius 2 is 2.02 bits per heavy atom. The lowest BCUT2D eigenvalue weighted by Gasteiger charge is -2.30. The Hall–Kier alpha value is -4.77. The van der Waals surface area contributed by atoms with Crippen LogP contribution in [0.5, 0.6) is 11.8 Å². The third kappa shape index (κ3) is 5.53. The predicted octanol–water partition coefficient (Wildman–Crippen LogP) is 5.86. The summed E-state index contributed by atoms with van der Waals surface area (Å²) in [6, 6.07) is 5.69. The molecule has 2 bridgehead atoms. The van der Waals surface area contributed by atoms with Crippen molar-refractivity contribution in [2.24, 2.45) is 7.05 Å². The number of phenolic OH excluding ortho intramolecular Hbond substituents is 1. The standard InChI is InChI=1S/C40H40F3N7O3/c1-4-28-31(42)10-7-23-15-27(51)16-29(32(23)28)33-35(43)37-34(30-21-47(2)46-36(30)33)38(50-25-8-9-26(50)20-48(19-25)12-6-14-52-3)45-39(44-37)53-22-40-11-5-13-49(40)18-24(41)17-40/h1,7,10,15-16,21,24-25H,5-6,8-9,11-14,17-20,22H2,2-3H3/p+1/t24-,25?,40+/m1/s1. The summed E-state index contributed by atoms with van der Waals surface area (Å²) in [5.74, 6) is 1.47. The molecule has 2 saturated heterocycles. The highest BCUT2D eigenvalue weighted by Crippen LogP contribution is 2.46. The maximum Gasteiger partial charge on any atom is 0.434 e. The van der Waals surface area contributed by atoms with E-state index in [4.69, 9.17) is 31.0 Å². The zero-order valence-corrected chi connectivity index (χ0v) is 29.8. The van der Waals surface area contributed by atoms with E-state index in [1.54, 1.807) is 18.8 Å². The van der Waals surface area contributed by atoms with Gasteiger partial charge in [-0.2, -0.15) is 10.1 Å². The molecule has 6 heterocycles. The molecule has 3 aromatic carbocycles. The van der Waals surface area contributed by atoms with Gasteiger partial charge in [-0.3, -0.25) is 14.5 Å². The smallest absolute Gasteiger partial charge is 0.434 e. The number of aromatic hydroxyl groups is 1. The summed E-state index contributed by atoms with van der Waals surface area (Å²) in [6.45, 7) is 4.48. The molecule has 274 valence electrons. The van der Waals surface area contributed by atoms with Gasteiger partial charge in [0.05, 0.1) is 23.4 Å². The Kier molecular flexibility index (Phi) is 8.32. The number of hydrogen-bond donors (Lipinski definition) is 1. The lowest BCUT2D eigenvalue weighted by molar-refractivity contribution is -0.486. The summed E-state index contributed by atoms with van der Waals surface area (Å²) in [7, 11) is 3.46. The molecule has 9 rings (SSSR count). The van der Waals surface area contributed by atoms with E-state index in [1.165, 1.54) is 30.0 Å². The van der Waals surface area contributed by atoms with Crippen molar-refractivity contribution < 1.29 is 32.3 Å². The van der Waals surface area contributed by atoms with E-state index in [0.29, 0.717) is 47.1 Å². The van der Waals surface area contributed by atoms with E-state index in [0.717, 1.165) is 58.3 Å². The van der Waals surface area contributed by atoms with E-state index in [9.17, 15) is 9.50 Å². The second kappa shape index (κ2) is 13.0. The van der Waals surface area contributed by atoms with E-state index in [1.807, 2.05) is 6.20 Å². The molecule has 1 unspecified atom stereocenters. The number of aromatic nitrogens is 4. The van der Waals surface area contributed by atoms with E-state index in [-0.39, 0.29) is 52.0 Å². The quantitative estimate of drug-likeness (QED) is 0.115. The number of hydrogen-bond acceptors (Lipinski definition) is 8. The SMILES string of the molecule is C#Cc1c(F)ccc2cc(O)cc(-c3c(F)c4nc(OC[C@@]56CCCN5C[C@H](F)C6)nc([N+]5=C6CCC5CN(CCCOC)C6)c4c4cn(C)nc34)c12. The van der Waals surface area contributed by atoms with Crippen molar-refractivity contribution in [3.05, 3.63) is 47.7 Å². The number of fused-ring (bicyclic) bond motifs is 6. The Bertz CT molecular complexity index is 2390. The van der Waals surface area contributed by atoms with Gasteiger partial charge in [0.25, 0.3) is 0 Å². The maximum absolute atomic E-state index is 17.7. The third-order valence-corrected chi connectivity index (χ3v) is 11.7. The summed E-state index contributed by atoms with van der Waals surface area (Å²) in [6.07, 6.45) is 11.5. The molecule has 2 fully saturated rings. The zero-order valence-electron chi connectivity index (χ0n) is 29.8. The first-order chi connectivity index (χ1) is 25.7. The highest BCUT2D eigenvalue weighted by molar-refractivity contribution is 6.17. The molecule has 0 spiro atoms. The molecular weight excluding hydrogens is 683 g/mol. The van der Waals surface area contributed by atoms with Crippen molar-refractivity contribution in [3.63, 3.8) is 0 Å². The Labute approximate surface area is 304 Å². The predicted molar refractivity (Wildman–Crippen MR) is 196 cm³/mol. The van der Waals surface area contributed by atoms with Gasteiger partial charge >= 0.3 is 11.8 Å². The van der Waals surface area contributed by atoms with Gasteiger partial charge in [0.2, 0.25) is 0 Å². The fourth-order valence-electron chi connectivity index (χ4n) is 9.52. The van der Waals surface area contributed by atoms with Crippen molar-refractivity contribution in [2.45, 2.75) is 56.3 Å². The molecule has 0 aliphatic carbocycles. The molecule has 0 amide bonds. The van der Waals surface area contributed by atoms with E-state index in [2.05, 4.69) is 20.3 Å². The van der Waals surface area contributed by atoms with Gasteiger partial charge in [-0.25, -0.2) is 17.7 Å². The van der Waals surface area contributed by atoms with Crippen molar-refractivity contribution in [1.29, 1.82) is 0 Å². The molecule has 1 N–H and O–H groups in total. The number of methoxy groups -OCH3 is 1. The molecule has 4 aliphatic heterocycles. The normalized spacial score (nSPS) is 23.2. The number of nitrogens with zero attached hydrogens (tertiary/aromatic N) is 7. The Morgan fingerprint density at radius 3 is 2.83 bits per heavy atom. The van der Waals surface area contributed by atoms with Crippen LogP contribution in [0.25, 0.3) is 43.7 Å². The fourth-order valence-corrected chi connectivity index (χ4v) is 9.52. The average molecular weight is 725 g/mol. The Morgan fingerprint density at radius 1 is 1.15 bits per heavy atom. The summed E-state index contributed by atoms with van der Waals surface area (Å²) < 4.78 is 63.3. The van der Waals surface area contributed by atoms with Crippen molar-refractivity contribution in [1.82, 2.24) is 29.5 Å². The van der Waals surface area contributed by atoms with E-state index >= 15 is 8.78 Å². The number of alkyl halides is 1. The van der Waals surface area contributed by atoms with Crippen LogP contribution in [-0.4, -0.2) is 116 Å². The van der Waals surface area contributed by atoms with Crippen LogP contribution in [0.15, 0.2) is 30.5 Å². The van der Waals surface area contributed by atoms with Gasteiger partial charge in [-0.15, -0.1) is 6.42 Å². The first kappa shape index (κ1) is 34.0. The van der Waals surface area contributed by atoms with Crippen LogP contribution in [0.4, 0.5) is 19.0 Å². The van der Waals surface area contributed by atoms with Crippen LogP contribution in [0.2, 0.25) is 0 Å². The van der Waals surface area contributed by atoms with Crippen LogP contribution < -0.4 is 4.74 Å². The molecule has 0 radical (unpaired) electrons. The molecule has 2 aromatic heterocycles. The number of rotatable bonds is 9. The minimum Gasteiger partial charge on any atom is -0.508 e. The van der Waals surface area contributed by atoms with Gasteiger partial charge in [-0.1, -0.05) is 12.0 Å². The van der Waals surface area contributed by atoms with Crippen molar-refractivity contribution in [3.8, 4) is 35.2 Å². The van der Waals surface area contributed by atoms with Crippen molar-refractivity contribution in [2.75, 3.05) is 53.0 Å². The largest absolute Gasteiger partial charge is 0.508 e. The highest BCUT2D eigenvalue weighted by Gasteiger charge is 2.50. The number of benzene rings is 3. The van der Waals surface area contributed by atoms with Crippen LogP contribution in [0.1, 0.15) is 44.1 Å². The summed E-state index contributed by atoms with van der Waals surface area (Å²) >= 11 is 0. The maximum atomic E-state index is 17.7. The number of terminal acetylenes is 1. The molecule has 3 atom stereocenters. The summed E-state index contributed by atoms with van der Waals surface area (Å²) in [5.41, 5.74) is 1.19. The van der Waals surface area contributed by atoms with Gasteiger partial charge in [0.1, 0.15) is 46.8 Å². The second-order valence-corrected chi connectivity index (χ2v) is 15.0. The third-order valence-electron chi connectivity index (χ3n) is 11.7. The Balaban J connectivity index is 1.28. The summed E-state index contributed by atoms with van der Waals surface area (Å²) in [4.78, 5) is 14.4. The van der Waals surface area contributed by atoms with Gasteiger partial charge in [0, 0.05) is 80.8 Å². The number of halogens is 3. The number of likely N-dealkylation sites (tertiary alicyclic amines) is 1. The molecular formula is C40H41F3N7O3+. The van der Waals surface area contributed by atoms with Crippen LogP contribution in [0.3, 0.4) is 0 Å². The minimum atomic E-state index is -0.937. The zero-order chi connectivity index (χ0) is 36.6. The lowest BCUT2D eigenvalue weighted by atomic mass is 9.91. The topological polar surface area (TPSA) is 91.8 Å². The number of aryl methyl sites for hydroxylation is 1. The molecule has 13 heteroatoms. The minimum absolute atomic E-state index is 0.00257. The molecule has 5 aromatic rings. The van der Waals surface area contributed by atoms with Gasteiger partial charge < -0.3 is 14.6 Å². The van der Waals surface area contributed by atoms with Crippen LogP contribution >= 0.6 is 0 Å². The van der Waals surface area contributed by atoms with Gasteiger partial charge in [-0.05, 0) is 61.4 Å². The fraction of sp³-hybridized carbons (Fsp3) is 0.450. The van der Waals surface area contributed by atoms with Gasteiger partial charge in [0.15, 0.2) is 5.82 Å². The number of ether oxygens (including phenoxy) is 2. The average Bonchev–Trinajstić information content (AvgIpc) is 3.86. The lowest BCUT2D eigenvalue weighted by Crippen LogP contribution is -2.45. The first-order valence-electron chi connectivity index (χ1n) is 18.3. The molecule has 4 aliphatic rings. The molecule has 10 nitrogen and oxygen atoms in total. The highest BCUT2D eigenvalue weighted by atomic mass is 19.1. The first-order valence-corrected chi connectivity index (χ1v) is 18.3. The van der Waals surface area contributed by atoms with Crippen LogP contribution in [-0.2, 0) is 11.8 Å². The van der Waals surface area contributed by atoms with E-state index < -0.39 is 23.3 Å². The van der Waals surface area contributed by atoms with Crippen LogP contribution in [0, 0.1) is 24.0 Å². The number of phenols is 1. The molecule has 53 heavy (non-hydrogen) atoms. The monoisotopic (exact) mass is 724 g/mol. The van der Waals surface area contributed by atoms with Crippen molar-refractivity contribution >= 4 is 44.1 Å².